The van der Waals surface area contributed by atoms with Gasteiger partial charge >= 0.3 is 0 Å². The van der Waals surface area contributed by atoms with E-state index >= 15 is 0 Å². The Bertz CT molecular complexity index is 922. The van der Waals surface area contributed by atoms with Gasteiger partial charge in [0.1, 0.15) is 0 Å². The Balaban J connectivity index is 1.39. The van der Waals surface area contributed by atoms with Gasteiger partial charge in [-0.05, 0) is 68.8 Å². The van der Waals surface area contributed by atoms with Gasteiger partial charge in [-0.2, -0.15) is 4.31 Å². The van der Waals surface area contributed by atoms with Crippen LogP contribution in [0.4, 0.5) is 0 Å². The molecule has 3 fully saturated rings. The van der Waals surface area contributed by atoms with Crippen molar-refractivity contribution in [2.75, 3.05) is 32.7 Å². The minimum Gasteiger partial charge on any atom is -0.302 e. The molecule has 1 saturated heterocycles. The van der Waals surface area contributed by atoms with Crippen molar-refractivity contribution >= 4 is 20.0 Å². The molecule has 30 heavy (non-hydrogen) atoms. The van der Waals surface area contributed by atoms with Crippen molar-refractivity contribution in [1.82, 2.24) is 13.9 Å². The van der Waals surface area contributed by atoms with E-state index in [9.17, 15) is 16.8 Å². The first-order chi connectivity index (χ1) is 14.3. The van der Waals surface area contributed by atoms with Crippen molar-refractivity contribution in [2.45, 2.75) is 67.2 Å². The van der Waals surface area contributed by atoms with Gasteiger partial charge in [-0.25, -0.2) is 21.6 Å². The van der Waals surface area contributed by atoms with E-state index in [2.05, 4.69) is 9.62 Å². The van der Waals surface area contributed by atoms with Crippen LogP contribution in [0.5, 0.6) is 0 Å². The summed E-state index contributed by atoms with van der Waals surface area (Å²) >= 11 is 0. The molecule has 2 saturated carbocycles. The van der Waals surface area contributed by atoms with Crippen LogP contribution in [-0.2, 0) is 20.0 Å². The Labute approximate surface area is 180 Å². The third-order valence-corrected chi connectivity index (χ3v) is 9.91. The summed E-state index contributed by atoms with van der Waals surface area (Å²) in [6.45, 7) is 3.76. The van der Waals surface area contributed by atoms with E-state index < -0.39 is 20.0 Å². The van der Waals surface area contributed by atoms with Gasteiger partial charge in [0, 0.05) is 32.2 Å². The Hall–Kier alpha value is -1.00. The van der Waals surface area contributed by atoms with Crippen LogP contribution in [0.25, 0.3) is 0 Å². The summed E-state index contributed by atoms with van der Waals surface area (Å²) in [6.07, 6.45) is 9.12. The molecule has 168 valence electrons. The molecule has 1 aliphatic heterocycles. The zero-order valence-electron chi connectivity index (χ0n) is 17.5. The Kier molecular flexibility index (Phi) is 6.84. The summed E-state index contributed by atoms with van der Waals surface area (Å²) in [7, 11) is -7.20. The second-order valence-electron chi connectivity index (χ2n) is 8.93. The van der Waals surface area contributed by atoms with Crippen molar-refractivity contribution in [2.24, 2.45) is 5.92 Å². The van der Waals surface area contributed by atoms with E-state index in [1.165, 1.54) is 56.4 Å². The van der Waals surface area contributed by atoms with Gasteiger partial charge in [0.05, 0.1) is 9.79 Å². The average Bonchev–Trinajstić information content (AvgIpc) is 3.56. The molecular weight excluding hydrogens is 422 g/mol. The van der Waals surface area contributed by atoms with Gasteiger partial charge in [-0.3, -0.25) is 0 Å². The predicted octanol–water partition coefficient (Wildman–Crippen LogP) is 2.40. The second-order valence-corrected chi connectivity index (χ2v) is 12.6. The summed E-state index contributed by atoms with van der Waals surface area (Å²) in [5.41, 5.74) is 0. The lowest BCUT2D eigenvalue weighted by molar-refractivity contribution is 0.208. The molecule has 9 heteroatoms. The highest BCUT2D eigenvalue weighted by atomic mass is 32.2. The van der Waals surface area contributed by atoms with Crippen molar-refractivity contribution in [3.8, 4) is 0 Å². The fourth-order valence-corrected chi connectivity index (χ4v) is 7.31. The third-order valence-electron chi connectivity index (χ3n) is 6.46. The lowest BCUT2D eigenvalue weighted by atomic mass is 9.89. The first-order valence-corrected chi connectivity index (χ1v) is 14.1. The number of rotatable bonds is 7. The van der Waals surface area contributed by atoms with Gasteiger partial charge in [0.15, 0.2) is 0 Å². The van der Waals surface area contributed by atoms with Gasteiger partial charge in [0.2, 0.25) is 20.0 Å². The molecule has 7 nitrogen and oxygen atoms in total. The molecule has 0 bridgehead atoms. The maximum atomic E-state index is 13.1. The van der Waals surface area contributed by atoms with E-state index in [1.54, 1.807) is 4.31 Å². The monoisotopic (exact) mass is 455 g/mol. The maximum Gasteiger partial charge on any atom is 0.243 e. The predicted molar refractivity (Wildman–Crippen MR) is 116 cm³/mol. The number of benzene rings is 1. The summed E-state index contributed by atoms with van der Waals surface area (Å²) in [4.78, 5) is 2.70. The molecule has 0 amide bonds. The normalized spacial score (nSPS) is 23.3. The standard InChI is InChI=1S/C21H33N3O4S2/c25-29(26,22-19-7-8-19)20-9-11-21(12-10-20)30(27,28)24-14-4-13-23(15-16-24)17-18-5-2-1-3-6-18/h9-12,18-19,22H,1-8,13-17H2. The highest BCUT2D eigenvalue weighted by Gasteiger charge is 2.30. The fraction of sp³-hybridized carbons (Fsp3) is 0.714. The lowest BCUT2D eigenvalue weighted by Crippen LogP contribution is -2.37. The molecule has 1 aromatic carbocycles. The number of nitrogens with zero attached hydrogens (tertiary/aromatic N) is 2. The van der Waals surface area contributed by atoms with Gasteiger partial charge in [-0.1, -0.05) is 19.3 Å². The summed E-state index contributed by atoms with van der Waals surface area (Å²) in [5.74, 6) is 0.751. The Morgan fingerprint density at radius 2 is 1.43 bits per heavy atom. The summed E-state index contributed by atoms with van der Waals surface area (Å²) in [5, 5.41) is 0. The molecule has 2 aliphatic carbocycles. The number of sulfonamides is 2. The van der Waals surface area contributed by atoms with Gasteiger partial charge in [-0.15, -0.1) is 0 Å². The number of hydrogen-bond donors (Lipinski definition) is 1. The lowest BCUT2D eigenvalue weighted by Gasteiger charge is -2.28. The zero-order chi connectivity index (χ0) is 21.2. The highest BCUT2D eigenvalue weighted by Crippen LogP contribution is 2.26. The molecule has 4 rings (SSSR count). The molecule has 3 aliphatic rings. The SMILES string of the molecule is O=S(=O)(NC1CC1)c1ccc(S(=O)(=O)N2CCCN(CC3CCCCC3)CC2)cc1. The van der Waals surface area contributed by atoms with Crippen LogP contribution in [0.15, 0.2) is 34.1 Å². The van der Waals surface area contributed by atoms with Crippen LogP contribution in [0.3, 0.4) is 0 Å². The third kappa shape index (κ3) is 5.43. The van der Waals surface area contributed by atoms with Crippen molar-refractivity contribution < 1.29 is 16.8 Å². The number of hydrogen-bond acceptors (Lipinski definition) is 5. The average molecular weight is 456 g/mol. The van der Waals surface area contributed by atoms with Crippen LogP contribution in [0.2, 0.25) is 0 Å². The quantitative estimate of drug-likeness (QED) is 0.682. The topological polar surface area (TPSA) is 86.8 Å². The minimum atomic E-state index is -3.62. The highest BCUT2D eigenvalue weighted by molar-refractivity contribution is 7.89. The maximum absolute atomic E-state index is 13.1. The first kappa shape index (κ1) is 22.2. The molecule has 0 atom stereocenters. The molecule has 1 aromatic rings. The molecule has 1 heterocycles. The van der Waals surface area contributed by atoms with E-state index in [1.807, 2.05) is 0 Å². The van der Waals surface area contributed by atoms with Crippen LogP contribution < -0.4 is 4.72 Å². The Morgan fingerprint density at radius 3 is 2.10 bits per heavy atom. The second kappa shape index (κ2) is 9.24. The van der Waals surface area contributed by atoms with Crippen molar-refractivity contribution in [1.29, 1.82) is 0 Å². The minimum absolute atomic E-state index is 0.0204. The largest absolute Gasteiger partial charge is 0.302 e. The van der Waals surface area contributed by atoms with Crippen LogP contribution in [-0.4, -0.2) is 64.8 Å². The zero-order valence-corrected chi connectivity index (χ0v) is 19.1. The molecule has 1 N–H and O–H groups in total. The Morgan fingerprint density at radius 1 is 0.767 bits per heavy atom. The molecule has 0 unspecified atom stereocenters. The molecule has 0 aromatic heterocycles. The van der Waals surface area contributed by atoms with Crippen LogP contribution in [0.1, 0.15) is 51.4 Å². The van der Waals surface area contributed by atoms with E-state index in [-0.39, 0.29) is 15.8 Å². The summed E-state index contributed by atoms with van der Waals surface area (Å²) in [6, 6.07) is 5.64. The van der Waals surface area contributed by atoms with Crippen molar-refractivity contribution in [3.05, 3.63) is 24.3 Å². The van der Waals surface area contributed by atoms with E-state index in [4.69, 9.17) is 0 Å². The molecule has 0 radical (unpaired) electrons. The smallest absolute Gasteiger partial charge is 0.243 e. The van der Waals surface area contributed by atoms with E-state index in [0.29, 0.717) is 13.1 Å². The van der Waals surface area contributed by atoms with Crippen molar-refractivity contribution in [3.63, 3.8) is 0 Å². The number of nitrogens with one attached hydrogen (secondary N) is 1. The van der Waals surface area contributed by atoms with Crippen LogP contribution in [0, 0.1) is 5.92 Å². The first-order valence-electron chi connectivity index (χ1n) is 11.2. The summed E-state index contributed by atoms with van der Waals surface area (Å²) < 4.78 is 55.1. The molecule has 0 spiro atoms. The van der Waals surface area contributed by atoms with Gasteiger partial charge < -0.3 is 4.90 Å². The van der Waals surface area contributed by atoms with E-state index in [0.717, 1.165) is 44.8 Å². The molecular formula is C21H33N3O4S2. The van der Waals surface area contributed by atoms with Gasteiger partial charge in [0.25, 0.3) is 0 Å². The fourth-order valence-electron chi connectivity index (χ4n) is 4.53. The van der Waals surface area contributed by atoms with Crippen LogP contribution >= 0.6 is 0 Å².